The van der Waals surface area contributed by atoms with E-state index in [-0.39, 0.29) is 5.71 Å². The van der Waals surface area contributed by atoms with E-state index in [9.17, 15) is 10.4 Å². The van der Waals surface area contributed by atoms with Gasteiger partial charge in [-0.15, -0.1) is 0 Å². The van der Waals surface area contributed by atoms with Crippen LogP contribution >= 0.6 is 0 Å². The van der Waals surface area contributed by atoms with Crippen LogP contribution in [0.5, 0.6) is 5.75 Å². The fourth-order valence-corrected chi connectivity index (χ4v) is 2.80. The maximum Gasteiger partial charge on any atom is 0.284 e. The quantitative estimate of drug-likeness (QED) is 0.437. The molecule has 0 radical (unpaired) electrons. The summed E-state index contributed by atoms with van der Waals surface area (Å²) in [6.45, 7) is 2.09. The lowest BCUT2D eigenvalue weighted by Gasteiger charge is -2.12. The van der Waals surface area contributed by atoms with Crippen LogP contribution in [0.1, 0.15) is 23.6 Å². The number of aryl methyl sites for hydroxylation is 1. The first-order valence-electron chi connectivity index (χ1n) is 8.96. The van der Waals surface area contributed by atoms with Gasteiger partial charge in [0.25, 0.3) is 5.95 Å². The number of hydrogen-bond donors (Lipinski definition) is 2. The number of allylic oxidation sites excluding steroid dienone is 1. The van der Waals surface area contributed by atoms with Crippen LogP contribution in [-0.4, -0.2) is 10.8 Å². The van der Waals surface area contributed by atoms with E-state index in [4.69, 9.17) is 10.1 Å². The lowest BCUT2D eigenvalue weighted by Crippen LogP contribution is -2.02. The average Bonchev–Trinajstić information content (AvgIpc) is 2.74. The third-order valence-electron chi connectivity index (χ3n) is 4.35. The summed E-state index contributed by atoms with van der Waals surface area (Å²) in [5, 5.41) is 27.6. The molecule has 2 N–H and O–H groups in total. The molecule has 0 amide bonds. The second-order valence-electron chi connectivity index (χ2n) is 6.24. The normalized spacial score (nSPS) is 10.9. The van der Waals surface area contributed by atoms with Crippen molar-refractivity contribution in [3.8, 4) is 22.9 Å². The van der Waals surface area contributed by atoms with Gasteiger partial charge in [0, 0.05) is 11.6 Å². The summed E-state index contributed by atoms with van der Waals surface area (Å²) in [6, 6.07) is 24.3. The van der Waals surface area contributed by atoms with E-state index in [0.717, 1.165) is 17.5 Å². The van der Waals surface area contributed by atoms with Crippen LogP contribution in [0.4, 0.5) is 0 Å². The predicted octanol–water partition coefficient (Wildman–Crippen LogP) is 5.63. The molecule has 0 saturated heterocycles. The summed E-state index contributed by atoms with van der Waals surface area (Å²) >= 11 is 0. The molecule has 138 valence electrons. The molecule has 0 spiro atoms. The van der Waals surface area contributed by atoms with Crippen molar-refractivity contribution in [2.45, 2.75) is 13.3 Å². The van der Waals surface area contributed by atoms with Crippen molar-refractivity contribution in [3.63, 3.8) is 0 Å². The Balaban J connectivity index is 1.92. The molecule has 0 aliphatic rings. The van der Waals surface area contributed by atoms with Crippen LogP contribution in [0, 0.1) is 16.7 Å². The topological polar surface area (TPSA) is 77.1 Å². The summed E-state index contributed by atoms with van der Waals surface area (Å²) in [4.78, 5) is 0. The largest absolute Gasteiger partial charge is 0.481 e. The van der Waals surface area contributed by atoms with Crippen molar-refractivity contribution in [2.75, 3.05) is 0 Å². The van der Waals surface area contributed by atoms with Gasteiger partial charge < -0.3 is 15.3 Å². The Morgan fingerprint density at radius 1 is 1.07 bits per heavy atom. The Labute approximate surface area is 164 Å². The fourth-order valence-electron chi connectivity index (χ4n) is 2.80. The Morgan fingerprint density at radius 2 is 1.79 bits per heavy atom. The molecule has 4 nitrogen and oxygen atoms in total. The monoisotopic (exact) mass is 368 g/mol. The minimum atomic E-state index is -0.407. The van der Waals surface area contributed by atoms with Crippen molar-refractivity contribution in [3.05, 3.63) is 102 Å². The summed E-state index contributed by atoms with van der Waals surface area (Å²) in [5.41, 5.74) is 4.12. The van der Waals surface area contributed by atoms with Crippen LogP contribution in [0.2, 0.25) is 0 Å². The molecule has 0 unspecified atom stereocenters. The molecular weight excluding hydrogens is 348 g/mol. The van der Waals surface area contributed by atoms with E-state index in [1.807, 2.05) is 42.5 Å². The van der Waals surface area contributed by atoms with Crippen molar-refractivity contribution >= 4 is 5.71 Å². The molecule has 0 atom stereocenters. The van der Waals surface area contributed by atoms with Crippen LogP contribution in [-0.2, 0) is 6.42 Å². The van der Waals surface area contributed by atoms with Gasteiger partial charge in [-0.2, -0.15) is 5.26 Å². The van der Waals surface area contributed by atoms with Gasteiger partial charge in [-0.1, -0.05) is 61.5 Å². The van der Waals surface area contributed by atoms with Crippen LogP contribution in [0.25, 0.3) is 11.1 Å². The molecule has 4 heteroatoms. The van der Waals surface area contributed by atoms with Crippen molar-refractivity contribution in [1.82, 2.24) is 0 Å². The summed E-state index contributed by atoms with van der Waals surface area (Å²) in [7, 11) is 0. The number of nitriles is 1. The molecule has 28 heavy (non-hydrogen) atoms. The van der Waals surface area contributed by atoms with Gasteiger partial charge in [0.1, 0.15) is 5.75 Å². The Kier molecular flexibility index (Phi) is 5.88. The zero-order chi connectivity index (χ0) is 19.9. The SMILES string of the molecule is CCc1ccc(-c2ccc(C#N)cc2O/C(O)=C/C(=N)c2ccccc2)cc1. The zero-order valence-electron chi connectivity index (χ0n) is 15.5. The zero-order valence-corrected chi connectivity index (χ0v) is 15.5. The first-order valence-corrected chi connectivity index (χ1v) is 8.96. The lowest BCUT2D eigenvalue weighted by molar-refractivity contribution is 0.210. The van der Waals surface area contributed by atoms with E-state index >= 15 is 0 Å². The third kappa shape index (κ3) is 4.46. The number of nitrogens with one attached hydrogen (secondary N) is 1. The molecule has 0 aliphatic carbocycles. The smallest absolute Gasteiger partial charge is 0.284 e. The number of aliphatic hydroxyl groups excluding tert-OH is 1. The molecule has 0 aliphatic heterocycles. The Bertz CT molecular complexity index is 1050. The first-order chi connectivity index (χ1) is 13.6. The maximum absolute atomic E-state index is 10.3. The van der Waals surface area contributed by atoms with E-state index in [2.05, 4.69) is 13.0 Å². The van der Waals surface area contributed by atoms with Crippen LogP contribution in [0.15, 0.2) is 84.8 Å². The van der Waals surface area contributed by atoms with Gasteiger partial charge in [0.15, 0.2) is 0 Å². The molecule has 0 heterocycles. The molecule has 0 bridgehead atoms. The number of ether oxygens (including phenoxy) is 1. The van der Waals surface area contributed by atoms with E-state index in [1.165, 1.54) is 11.6 Å². The second-order valence-corrected chi connectivity index (χ2v) is 6.24. The molecule has 3 aromatic rings. The van der Waals surface area contributed by atoms with Gasteiger partial charge in [0.2, 0.25) is 0 Å². The minimum Gasteiger partial charge on any atom is -0.481 e. The minimum absolute atomic E-state index is 0.128. The standard InChI is InChI=1S/C24H20N2O2/c1-2-17-8-11-19(12-9-17)21-13-10-18(16-25)14-23(21)28-24(27)15-22(26)20-6-4-3-5-7-20/h3-15,26-27H,2H2,1H3/b24-15+,26-22?. The van der Waals surface area contributed by atoms with Gasteiger partial charge in [-0.3, -0.25) is 0 Å². The molecule has 3 rings (SSSR count). The molecule has 0 saturated carbocycles. The van der Waals surface area contributed by atoms with Crippen molar-refractivity contribution < 1.29 is 9.84 Å². The summed E-state index contributed by atoms with van der Waals surface area (Å²) in [5.74, 6) is -0.0479. The van der Waals surface area contributed by atoms with Gasteiger partial charge >= 0.3 is 0 Å². The number of hydrogen-bond acceptors (Lipinski definition) is 4. The number of rotatable bonds is 6. The van der Waals surface area contributed by atoms with Crippen molar-refractivity contribution in [1.29, 1.82) is 10.7 Å². The number of nitrogens with zero attached hydrogens (tertiary/aromatic N) is 1. The van der Waals surface area contributed by atoms with Crippen LogP contribution < -0.4 is 4.74 Å². The molecule has 3 aromatic carbocycles. The highest BCUT2D eigenvalue weighted by Crippen LogP contribution is 2.32. The van der Waals surface area contributed by atoms with Crippen molar-refractivity contribution in [2.24, 2.45) is 0 Å². The third-order valence-corrected chi connectivity index (χ3v) is 4.35. The number of aliphatic hydroxyl groups is 1. The first kappa shape index (κ1) is 18.9. The van der Waals surface area contributed by atoms with E-state index in [0.29, 0.717) is 16.9 Å². The number of benzene rings is 3. The predicted molar refractivity (Wildman–Crippen MR) is 111 cm³/mol. The second kappa shape index (κ2) is 8.70. The molecule has 0 fully saturated rings. The average molecular weight is 368 g/mol. The Hall–Kier alpha value is -3.84. The molecule has 0 aromatic heterocycles. The summed E-state index contributed by atoms with van der Waals surface area (Å²) in [6.07, 6.45) is 2.19. The van der Waals surface area contributed by atoms with Crippen LogP contribution in [0.3, 0.4) is 0 Å². The highest BCUT2D eigenvalue weighted by atomic mass is 16.6. The molecular formula is C24H20N2O2. The highest BCUT2D eigenvalue weighted by Gasteiger charge is 2.11. The van der Waals surface area contributed by atoms with Gasteiger partial charge in [-0.05, 0) is 41.3 Å². The van der Waals surface area contributed by atoms with E-state index < -0.39 is 5.95 Å². The Morgan fingerprint density at radius 3 is 2.43 bits per heavy atom. The van der Waals surface area contributed by atoms with Gasteiger partial charge in [0.05, 0.1) is 17.3 Å². The summed E-state index contributed by atoms with van der Waals surface area (Å²) < 4.78 is 5.62. The fraction of sp³-hybridized carbons (Fsp3) is 0.0833. The van der Waals surface area contributed by atoms with Gasteiger partial charge in [-0.25, -0.2) is 0 Å². The maximum atomic E-state index is 10.3. The lowest BCUT2D eigenvalue weighted by atomic mass is 10.0. The van der Waals surface area contributed by atoms with E-state index in [1.54, 1.807) is 30.3 Å². The highest BCUT2D eigenvalue weighted by molar-refractivity contribution is 6.06.